The molecular formula is C23H27NO4. The highest BCUT2D eigenvalue weighted by Gasteiger charge is 2.30. The molecule has 28 heavy (non-hydrogen) atoms. The zero-order chi connectivity index (χ0) is 20.1. The first-order chi connectivity index (χ1) is 13.5. The maximum Gasteiger partial charge on any atom is 0.338 e. The van der Waals surface area contributed by atoms with Crippen LogP contribution in [-0.4, -0.2) is 40.6 Å². The van der Waals surface area contributed by atoms with E-state index in [1.807, 2.05) is 29.2 Å². The molecule has 0 unspecified atom stereocenters. The molecule has 1 saturated heterocycles. The Labute approximate surface area is 165 Å². The van der Waals surface area contributed by atoms with Gasteiger partial charge in [0.25, 0.3) is 5.91 Å². The molecule has 1 heterocycles. The monoisotopic (exact) mass is 381 g/mol. The van der Waals surface area contributed by atoms with E-state index in [9.17, 15) is 14.7 Å². The number of esters is 1. The van der Waals surface area contributed by atoms with Crippen LogP contribution in [0.25, 0.3) is 11.1 Å². The van der Waals surface area contributed by atoms with E-state index in [1.165, 1.54) is 0 Å². The molecule has 2 aromatic rings. The van der Waals surface area contributed by atoms with Crippen LogP contribution in [0.2, 0.25) is 0 Å². The Kier molecular flexibility index (Phi) is 6.34. The van der Waals surface area contributed by atoms with Crippen molar-refractivity contribution in [2.24, 2.45) is 0 Å². The minimum atomic E-state index is -0.795. The molecule has 5 nitrogen and oxygen atoms in total. The summed E-state index contributed by atoms with van der Waals surface area (Å²) in [4.78, 5) is 27.1. The first kappa shape index (κ1) is 19.9. The molecule has 1 N–H and O–H groups in total. The van der Waals surface area contributed by atoms with Crippen LogP contribution in [0.15, 0.2) is 48.5 Å². The smallest absolute Gasteiger partial charge is 0.338 e. The summed E-state index contributed by atoms with van der Waals surface area (Å²) in [6.45, 7) is 4.47. The number of piperidine rings is 1. The van der Waals surface area contributed by atoms with Gasteiger partial charge in [0.05, 0.1) is 5.56 Å². The van der Waals surface area contributed by atoms with Crippen LogP contribution in [0.4, 0.5) is 0 Å². The van der Waals surface area contributed by atoms with E-state index in [-0.39, 0.29) is 17.7 Å². The van der Waals surface area contributed by atoms with Gasteiger partial charge in [-0.05, 0) is 68.0 Å². The van der Waals surface area contributed by atoms with Gasteiger partial charge in [0, 0.05) is 12.6 Å². The molecule has 0 bridgehead atoms. The van der Waals surface area contributed by atoms with E-state index in [0.29, 0.717) is 5.56 Å². The largest absolute Gasteiger partial charge is 0.508 e. The van der Waals surface area contributed by atoms with Gasteiger partial charge in [-0.25, -0.2) is 4.79 Å². The van der Waals surface area contributed by atoms with Crippen LogP contribution >= 0.6 is 0 Å². The number of rotatable bonds is 5. The summed E-state index contributed by atoms with van der Waals surface area (Å²) in [7, 11) is 0. The number of carbonyl (C=O) groups is 2. The molecule has 0 aromatic heterocycles. The van der Waals surface area contributed by atoms with Crippen molar-refractivity contribution in [2.45, 2.75) is 51.7 Å². The predicted molar refractivity (Wildman–Crippen MR) is 108 cm³/mol. The van der Waals surface area contributed by atoms with Gasteiger partial charge in [0.1, 0.15) is 5.75 Å². The standard InChI is InChI=1S/C23H27NO4/c1-3-20-6-4-5-15-24(20)22(26)16(2)28-23(27)19-9-7-17(8-10-19)18-11-13-21(25)14-12-18/h7-14,16,20,25H,3-6,15H2,1-2H3/t16-,20-/m1/s1. The SMILES string of the molecule is CC[C@@H]1CCCCN1C(=O)[C@@H](C)OC(=O)c1ccc(-c2ccc(O)cc2)cc1. The molecule has 0 radical (unpaired) electrons. The van der Waals surface area contributed by atoms with Gasteiger partial charge in [-0.1, -0.05) is 31.2 Å². The van der Waals surface area contributed by atoms with Crippen LogP contribution in [0, 0.1) is 0 Å². The van der Waals surface area contributed by atoms with Crippen molar-refractivity contribution in [1.29, 1.82) is 0 Å². The topological polar surface area (TPSA) is 66.8 Å². The Morgan fingerprint density at radius 2 is 1.68 bits per heavy atom. The highest BCUT2D eigenvalue weighted by molar-refractivity contribution is 5.92. The van der Waals surface area contributed by atoms with Gasteiger partial charge in [-0.2, -0.15) is 0 Å². The average molecular weight is 381 g/mol. The van der Waals surface area contributed by atoms with Crippen molar-refractivity contribution in [1.82, 2.24) is 4.90 Å². The van der Waals surface area contributed by atoms with E-state index in [2.05, 4.69) is 6.92 Å². The zero-order valence-electron chi connectivity index (χ0n) is 16.4. The summed E-state index contributed by atoms with van der Waals surface area (Å²) in [5, 5.41) is 9.38. The number of phenols is 1. The number of likely N-dealkylation sites (tertiary alicyclic amines) is 1. The van der Waals surface area contributed by atoms with Gasteiger partial charge < -0.3 is 14.7 Å². The highest BCUT2D eigenvalue weighted by atomic mass is 16.5. The minimum Gasteiger partial charge on any atom is -0.508 e. The molecule has 148 valence electrons. The number of ether oxygens (including phenoxy) is 1. The minimum absolute atomic E-state index is 0.111. The number of amides is 1. The second kappa shape index (κ2) is 8.91. The fourth-order valence-corrected chi connectivity index (χ4v) is 3.68. The van der Waals surface area contributed by atoms with E-state index < -0.39 is 12.1 Å². The fourth-order valence-electron chi connectivity index (χ4n) is 3.68. The van der Waals surface area contributed by atoms with Crippen molar-refractivity contribution in [2.75, 3.05) is 6.54 Å². The van der Waals surface area contributed by atoms with Crippen molar-refractivity contribution in [3.8, 4) is 16.9 Å². The fraction of sp³-hybridized carbons (Fsp3) is 0.391. The molecule has 1 aliphatic rings. The second-order valence-electron chi connectivity index (χ2n) is 7.26. The number of hydrogen-bond acceptors (Lipinski definition) is 4. The highest BCUT2D eigenvalue weighted by Crippen LogP contribution is 2.23. The lowest BCUT2D eigenvalue weighted by atomic mass is 9.99. The lowest BCUT2D eigenvalue weighted by Crippen LogP contribution is -2.48. The molecule has 2 aromatic carbocycles. The van der Waals surface area contributed by atoms with Gasteiger partial charge in [0.2, 0.25) is 0 Å². The number of aromatic hydroxyl groups is 1. The van der Waals surface area contributed by atoms with Crippen LogP contribution in [0.5, 0.6) is 5.75 Å². The summed E-state index contributed by atoms with van der Waals surface area (Å²) >= 11 is 0. The average Bonchev–Trinajstić information content (AvgIpc) is 2.73. The summed E-state index contributed by atoms with van der Waals surface area (Å²) < 4.78 is 5.44. The quantitative estimate of drug-likeness (QED) is 0.780. The number of benzene rings is 2. The molecule has 0 spiro atoms. The Balaban J connectivity index is 1.63. The normalized spacial score (nSPS) is 17.8. The molecule has 1 fully saturated rings. The maximum absolute atomic E-state index is 12.7. The van der Waals surface area contributed by atoms with Crippen LogP contribution < -0.4 is 0 Å². The third kappa shape index (κ3) is 4.53. The Morgan fingerprint density at radius 3 is 2.29 bits per heavy atom. The molecule has 1 aliphatic heterocycles. The lowest BCUT2D eigenvalue weighted by molar-refractivity contribution is -0.143. The van der Waals surface area contributed by atoms with Gasteiger partial charge in [0.15, 0.2) is 6.10 Å². The molecule has 3 rings (SSSR count). The third-order valence-electron chi connectivity index (χ3n) is 5.33. The van der Waals surface area contributed by atoms with E-state index in [4.69, 9.17) is 4.74 Å². The van der Waals surface area contributed by atoms with Crippen molar-refractivity contribution >= 4 is 11.9 Å². The van der Waals surface area contributed by atoms with E-state index in [0.717, 1.165) is 43.4 Å². The first-order valence-electron chi connectivity index (χ1n) is 9.90. The van der Waals surface area contributed by atoms with E-state index >= 15 is 0 Å². The molecular weight excluding hydrogens is 354 g/mol. The predicted octanol–water partition coefficient (Wildman–Crippen LogP) is 4.40. The van der Waals surface area contributed by atoms with Gasteiger partial charge in [-0.3, -0.25) is 4.79 Å². The molecule has 5 heteroatoms. The van der Waals surface area contributed by atoms with Crippen LogP contribution in [0.3, 0.4) is 0 Å². The summed E-state index contributed by atoms with van der Waals surface area (Å²) in [5.41, 5.74) is 2.28. The number of carbonyl (C=O) groups excluding carboxylic acids is 2. The van der Waals surface area contributed by atoms with Crippen molar-refractivity contribution in [3.63, 3.8) is 0 Å². The second-order valence-corrected chi connectivity index (χ2v) is 7.26. The Morgan fingerprint density at radius 1 is 1.07 bits per heavy atom. The molecule has 0 saturated carbocycles. The Bertz CT molecular complexity index is 814. The molecule has 2 atom stereocenters. The van der Waals surface area contributed by atoms with Crippen LogP contribution in [-0.2, 0) is 9.53 Å². The first-order valence-corrected chi connectivity index (χ1v) is 9.90. The summed E-state index contributed by atoms with van der Waals surface area (Å²) in [5.74, 6) is -0.398. The maximum atomic E-state index is 12.7. The lowest BCUT2D eigenvalue weighted by Gasteiger charge is -2.36. The van der Waals surface area contributed by atoms with Crippen LogP contribution in [0.1, 0.15) is 49.9 Å². The van der Waals surface area contributed by atoms with Gasteiger partial charge in [-0.15, -0.1) is 0 Å². The Hall–Kier alpha value is -2.82. The van der Waals surface area contributed by atoms with Gasteiger partial charge >= 0.3 is 5.97 Å². The zero-order valence-corrected chi connectivity index (χ0v) is 16.4. The number of phenolic OH excluding ortho intramolecular Hbond substituents is 1. The number of nitrogens with zero attached hydrogens (tertiary/aromatic N) is 1. The summed E-state index contributed by atoms with van der Waals surface area (Å²) in [6, 6.07) is 14.1. The van der Waals surface area contributed by atoms with E-state index in [1.54, 1.807) is 31.2 Å². The molecule has 1 amide bonds. The van der Waals surface area contributed by atoms with Crippen molar-refractivity contribution < 1.29 is 19.4 Å². The molecule has 0 aliphatic carbocycles. The third-order valence-corrected chi connectivity index (χ3v) is 5.33. The number of hydrogen-bond donors (Lipinski definition) is 1. The summed E-state index contributed by atoms with van der Waals surface area (Å²) in [6.07, 6.45) is 3.29. The van der Waals surface area contributed by atoms with Crippen molar-refractivity contribution in [3.05, 3.63) is 54.1 Å².